The third-order valence-corrected chi connectivity index (χ3v) is 4.82. The van der Waals surface area contributed by atoms with Crippen molar-refractivity contribution in [3.8, 4) is 0 Å². The van der Waals surface area contributed by atoms with Crippen LogP contribution in [0, 0.1) is 0 Å². The monoisotopic (exact) mass is 349 g/mol. The molecule has 3 heteroatoms. The van der Waals surface area contributed by atoms with E-state index in [1.807, 2.05) is 13.0 Å². The summed E-state index contributed by atoms with van der Waals surface area (Å²) in [4.78, 5) is 2.46. The average molecular weight is 350 g/mol. The molecular weight excluding hydrogens is 330 g/mol. The second-order valence-corrected chi connectivity index (χ2v) is 7.33. The van der Waals surface area contributed by atoms with Gasteiger partial charge in [0.15, 0.2) is 0 Å². The largest absolute Gasteiger partial charge is 0.324 e. The van der Waals surface area contributed by atoms with Crippen molar-refractivity contribution in [3.05, 3.63) is 58.1 Å². The molecule has 1 nitrogen and oxygen atoms in total. The number of hydrogen-bond donors (Lipinski definition) is 1. The van der Waals surface area contributed by atoms with Gasteiger partial charge < -0.3 is 5.73 Å². The van der Waals surface area contributed by atoms with Crippen molar-refractivity contribution in [2.45, 2.75) is 42.5 Å². The Morgan fingerprint density at radius 1 is 1.00 bits per heavy atom. The van der Waals surface area contributed by atoms with Gasteiger partial charge >= 0.3 is 0 Å². The molecule has 0 saturated carbocycles. The topological polar surface area (TPSA) is 26.0 Å². The van der Waals surface area contributed by atoms with Gasteiger partial charge in [0, 0.05) is 20.3 Å². The van der Waals surface area contributed by atoms with Gasteiger partial charge in [0.1, 0.15) is 0 Å². The van der Waals surface area contributed by atoms with Crippen LogP contribution in [0.25, 0.3) is 0 Å². The standard InChI is InChI=1S/C17H20BrNS/c1-11(2)13-4-7-15(8-5-13)20-17-10-14(18)6-9-16(17)12(3)19/h4-12H,19H2,1-3H3. The number of halogens is 1. The van der Waals surface area contributed by atoms with Crippen LogP contribution in [0.2, 0.25) is 0 Å². The molecule has 0 aliphatic rings. The van der Waals surface area contributed by atoms with E-state index in [1.54, 1.807) is 11.8 Å². The lowest BCUT2D eigenvalue weighted by atomic mass is 10.0. The first-order valence-electron chi connectivity index (χ1n) is 6.80. The van der Waals surface area contributed by atoms with Gasteiger partial charge in [-0.2, -0.15) is 0 Å². The fourth-order valence-corrected chi connectivity index (χ4v) is 3.62. The van der Waals surface area contributed by atoms with Crippen LogP contribution in [-0.4, -0.2) is 0 Å². The Kier molecular flexibility index (Phi) is 5.30. The fourth-order valence-electron chi connectivity index (χ4n) is 2.02. The molecular formula is C17H20BrNS. The van der Waals surface area contributed by atoms with Gasteiger partial charge in [-0.25, -0.2) is 0 Å². The minimum atomic E-state index is 0.0422. The Labute approximate surface area is 134 Å². The Morgan fingerprint density at radius 2 is 1.65 bits per heavy atom. The molecule has 0 amide bonds. The molecule has 0 heterocycles. The van der Waals surface area contributed by atoms with Gasteiger partial charge in [-0.3, -0.25) is 0 Å². The molecule has 0 saturated heterocycles. The number of hydrogen-bond acceptors (Lipinski definition) is 2. The summed E-state index contributed by atoms with van der Waals surface area (Å²) in [6, 6.07) is 15.1. The van der Waals surface area contributed by atoms with Crippen molar-refractivity contribution in [3.63, 3.8) is 0 Å². The minimum Gasteiger partial charge on any atom is -0.324 e. The first-order chi connectivity index (χ1) is 9.47. The molecule has 0 radical (unpaired) electrons. The molecule has 0 fully saturated rings. The quantitative estimate of drug-likeness (QED) is 0.760. The maximum absolute atomic E-state index is 6.05. The third-order valence-electron chi connectivity index (χ3n) is 3.24. The summed E-state index contributed by atoms with van der Waals surface area (Å²) in [6.07, 6.45) is 0. The van der Waals surface area contributed by atoms with Crippen LogP contribution >= 0.6 is 27.7 Å². The third kappa shape index (κ3) is 3.87. The molecule has 0 aliphatic carbocycles. The molecule has 0 aliphatic heterocycles. The van der Waals surface area contributed by atoms with E-state index in [4.69, 9.17) is 5.73 Å². The predicted molar refractivity (Wildman–Crippen MR) is 91.4 cm³/mol. The van der Waals surface area contributed by atoms with Gasteiger partial charge in [0.05, 0.1) is 0 Å². The highest BCUT2D eigenvalue weighted by Crippen LogP contribution is 2.35. The van der Waals surface area contributed by atoms with Crippen LogP contribution in [0.5, 0.6) is 0 Å². The van der Waals surface area contributed by atoms with Crippen LogP contribution in [0.3, 0.4) is 0 Å². The van der Waals surface area contributed by atoms with E-state index in [0.29, 0.717) is 5.92 Å². The summed E-state index contributed by atoms with van der Waals surface area (Å²) < 4.78 is 1.09. The van der Waals surface area contributed by atoms with E-state index < -0.39 is 0 Å². The average Bonchev–Trinajstić information content (AvgIpc) is 2.39. The van der Waals surface area contributed by atoms with E-state index in [9.17, 15) is 0 Å². The van der Waals surface area contributed by atoms with Crippen LogP contribution in [0.15, 0.2) is 56.7 Å². The zero-order chi connectivity index (χ0) is 14.7. The number of nitrogens with two attached hydrogens (primary N) is 1. The zero-order valence-electron chi connectivity index (χ0n) is 12.1. The smallest absolute Gasteiger partial charge is 0.0277 e. The minimum absolute atomic E-state index is 0.0422. The first kappa shape index (κ1) is 15.6. The molecule has 0 spiro atoms. The van der Waals surface area contributed by atoms with Crippen LogP contribution in [-0.2, 0) is 0 Å². The van der Waals surface area contributed by atoms with Crippen LogP contribution in [0.4, 0.5) is 0 Å². The molecule has 2 aromatic carbocycles. The van der Waals surface area contributed by atoms with E-state index in [1.165, 1.54) is 20.9 Å². The lowest BCUT2D eigenvalue weighted by Crippen LogP contribution is -2.06. The maximum atomic E-state index is 6.05. The number of rotatable bonds is 4. The van der Waals surface area contributed by atoms with E-state index in [2.05, 4.69) is 66.2 Å². The fraction of sp³-hybridized carbons (Fsp3) is 0.294. The Morgan fingerprint density at radius 3 is 2.20 bits per heavy atom. The van der Waals surface area contributed by atoms with Crippen LogP contribution < -0.4 is 5.73 Å². The molecule has 20 heavy (non-hydrogen) atoms. The summed E-state index contributed by atoms with van der Waals surface area (Å²) in [7, 11) is 0. The Bertz CT molecular complexity index is 576. The van der Waals surface area contributed by atoms with Crippen molar-refractivity contribution in [1.29, 1.82) is 0 Å². The first-order valence-corrected chi connectivity index (χ1v) is 8.41. The van der Waals surface area contributed by atoms with E-state index in [0.717, 1.165) is 4.47 Å². The van der Waals surface area contributed by atoms with Crippen molar-refractivity contribution >= 4 is 27.7 Å². The highest BCUT2D eigenvalue weighted by atomic mass is 79.9. The Balaban J connectivity index is 2.27. The van der Waals surface area contributed by atoms with Crippen molar-refractivity contribution in [2.24, 2.45) is 5.73 Å². The second kappa shape index (κ2) is 6.79. The van der Waals surface area contributed by atoms with E-state index >= 15 is 0 Å². The molecule has 2 rings (SSSR count). The van der Waals surface area contributed by atoms with E-state index in [-0.39, 0.29) is 6.04 Å². The van der Waals surface area contributed by atoms with Gasteiger partial charge in [-0.05, 0) is 48.2 Å². The highest BCUT2D eigenvalue weighted by molar-refractivity contribution is 9.10. The van der Waals surface area contributed by atoms with Gasteiger partial charge in [-0.15, -0.1) is 0 Å². The lowest BCUT2D eigenvalue weighted by Gasteiger charge is -2.13. The number of benzene rings is 2. The van der Waals surface area contributed by atoms with Crippen molar-refractivity contribution in [2.75, 3.05) is 0 Å². The second-order valence-electron chi connectivity index (χ2n) is 5.30. The van der Waals surface area contributed by atoms with Crippen molar-refractivity contribution < 1.29 is 0 Å². The summed E-state index contributed by atoms with van der Waals surface area (Å²) in [5.41, 5.74) is 8.61. The van der Waals surface area contributed by atoms with Crippen LogP contribution in [0.1, 0.15) is 43.9 Å². The van der Waals surface area contributed by atoms with Gasteiger partial charge in [0.2, 0.25) is 0 Å². The molecule has 1 unspecified atom stereocenters. The highest BCUT2D eigenvalue weighted by Gasteiger charge is 2.09. The molecule has 2 aromatic rings. The molecule has 0 aromatic heterocycles. The Hall–Kier alpha value is -0.770. The predicted octanol–water partition coefficient (Wildman–Crippen LogP) is 5.74. The normalized spacial score (nSPS) is 12.7. The molecule has 2 N–H and O–H groups in total. The van der Waals surface area contributed by atoms with Crippen molar-refractivity contribution in [1.82, 2.24) is 0 Å². The summed E-state index contributed by atoms with van der Waals surface area (Å²) in [5, 5.41) is 0. The SMILES string of the molecule is CC(C)c1ccc(Sc2cc(Br)ccc2C(C)N)cc1. The zero-order valence-corrected chi connectivity index (χ0v) is 14.5. The molecule has 106 valence electrons. The van der Waals surface area contributed by atoms with Gasteiger partial charge in [0.25, 0.3) is 0 Å². The summed E-state index contributed by atoms with van der Waals surface area (Å²) >= 11 is 5.30. The maximum Gasteiger partial charge on any atom is 0.0277 e. The molecule has 0 bridgehead atoms. The summed E-state index contributed by atoms with van der Waals surface area (Å²) in [6.45, 7) is 6.45. The lowest BCUT2D eigenvalue weighted by molar-refractivity contribution is 0.797. The molecule has 1 atom stereocenters. The summed E-state index contributed by atoms with van der Waals surface area (Å²) in [5.74, 6) is 0.569. The van der Waals surface area contributed by atoms with Gasteiger partial charge in [-0.1, -0.05) is 59.7 Å².